The molecule has 1 fully saturated rings. The predicted molar refractivity (Wildman–Crippen MR) is 172 cm³/mol. The van der Waals surface area contributed by atoms with Crippen molar-refractivity contribution < 1.29 is 42.1 Å². The highest BCUT2D eigenvalue weighted by Crippen LogP contribution is 2.34. The highest BCUT2D eigenvalue weighted by molar-refractivity contribution is 5.94. The fourth-order valence-corrected chi connectivity index (χ4v) is 5.97. The lowest BCUT2D eigenvalue weighted by atomic mass is 10.1. The zero-order chi connectivity index (χ0) is 34.2. The van der Waals surface area contributed by atoms with Crippen molar-refractivity contribution in [2.24, 2.45) is 10.2 Å². The molecule has 0 saturated carbocycles. The summed E-state index contributed by atoms with van der Waals surface area (Å²) in [5, 5.41) is 21.1. The third kappa shape index (κ3) is 6.78. The van der Waals surface area contributed by atoms with E-state index >= 15 is 0 Å². The number of azo groups is 1. The molecule has 4 aromatic rings. The minimum absolute atomic E-state index is 0.0176. The van der Waals surface area contributed by atoms with E-state index in [4.69, 9.17) is 14.2 Å². The van der Waals surface area contributed by atoms with Crippen LogP contribution in [0.25, 0.3) is 28.8 Å². The molecule has 2 unspecified atom stereocenters. The van der Waals surface area contributed by atoms with Gasteiger partial charge in [-0.3, -0.25) is 4.90 Å². The first-order valence-electron chi connectivity index (χ1n) is 15.1. The summed E-state index contributed by atoms with van der Waals surface area (Å²) in [5.41, 5.74) is 3.37. The molecule has 1 saturated heterocycles. The number of carbonyl (C=O) groups excluding carboxylic acids is 1. The molecule has 10 nitrogen and oxygen atoms in total. The Balaban J connectivity index is 1.31. The summed E-state index contributed by atoms with van der Waals surface area (Å²) < 4.78 is 56.2. The van der Waals surface area contributed by atoms with Crippen molar-refractivity contribution in [1.29, 1.82) is 0 Å². The van der Waals surface area contributed by atoms with E-state index in [-0.39, 0.29) is 28.7 Å². The number of aromatic nitrogens is 1. The van der Waals surface area contributed by atoms with Gasteiger partial charge in [-0.1, -0.05) is 30.3 Å². The maximum absolute atomic E-state index is 13.0. The van der Waals surface area contributed by atoms with E-state index < -0.39 is 18.0 Å². The van der Waals surface area contributed by atoms with Crippen LogP contribution in [-0.4, -0.2) is 66.4 Å². The SMILES string of the molecule is COc1ccc2c(c1)c(C=c1cc3c(c(OC)c1)=C(/C=C/c1ccc(CN4CC(C)OC(C)C4)cc1)N=N3)c(O)n2OC(=O)C(F)(F)F. The molecule has 48 heavy (non-hydrogen) atoms. The van der Waals surface area contributed by atoms with Gasteiger partial charge < -0.3 is 24.2 Å². The first kappa shape index (κ1) is 32.8. The van der Waals surface area contributed by atoms with E-state index in [1.54, 1.807) is 12.1 Å². The smallest absolute Gasteiger partial charge is 0.493 e. The van der Waals surface area contributed by atoms with Gasteiger partial charge in [0, 0.05) is 30.6 Å². The molecule has 0 bridgehead atoms. The van der Waals surface area contributed by atoms with Gasteiger partial charge in [0.05, 0.1) is 48.5 Å². The van der Waals surface area contributed by atoms with Gasteiger partial charge in [0.1, 0.15) is 11.5 Å². The average molecular weight is 663 g/mol. The monoisotopic (exact) mass is 662 g/mol. The van der Waals surface area contributed by atoms with E-state index in [1.807, 2.05) is 24.3 Å². The maximum Gasteiger partial charge on any atom is 0.493 e. The summed E-state index contributed by atoms with van der Waals surface area (Å²) in [4.78, 5) is 18.6. The van der Waals surface area contributed by atoms with Crippen LogP contribution in [0.2, 0.25) is 0 Å². The lowest BCUT2D eigenvalue weighted by Crippen LogP contribution is -2.44. The highest BCUT2D eigenvalue weighted by atomic mass is 19.4. The van der Waals surface area contributed by atoms with Gasteiger partial charge in [0.25, 0.3) is 0 Å². The number of aromatic hydroxyl groups is 1. The Hall–Kier alpha value is -5.14. The lowest BCUT2D eigenvalue weighted by Gasteiger charge is -2.35. The van der Waals surface area contributed by atoms with Gasteiger partial charge >= 0.3 is 12.1 Å². The van der Waals surface area contributed by atoms with Crippen LogP contribution in [-0.2, 0) is 16.1 Å². The van der Waals surface area contributed by atoms with Crippen molar-refractivity contribution in [3.63, 3.8) is 0 Å². The van der Waals surface area contributed by atoms with E-state index in [1.165, 1.54) is 44.1 Å². The first-order chi connectivity index (χ1) is 22.9. The van der Waals surface area contributed by atoms with Gasteiger partial charge in [-0.2, -0.15) is 13.2 Å². The topological polar surface area (TPSA) is 107 Å². The van der Waals surface area contributed by atoms with E-state index in [0.29, 0.717) is 38.1 Å². The number of halogens is 3. The summed E-state index contributed by atoms with van der Waals surface area (Å²) in [7, 11) is 2.92. The molecule has 13 heteroatoms. The molecule has 1 N–H and O–H groups in total. The number of methoxy groups -OCH3 is 2. The fourth-order valence-electron chi connectivity index (χ4n) is 5.97. The van der Waals surface area contributed by atoms with Gasteiger partial charge in [0.2, 0.25) is 5.88 Å². The van der Waals surface area contributed by atoms with E-state index in [9.17, 15) is 23.1 Å². The summed E-state index contributed by atoms with van der Waals surface area (Å²) in [5.74, 6) is -2.39. The summed E-state index contributed by atoms with van der Waals surface area (Å²) >= 11 is 0. The Kier molecular flexibility index (Phi) is 8.99. The van der Waals surface area contributed by atoms with Crippen LogP contribution < -0.4 is 24.7 Å². The van der Waals surface area contributed by atoms with Gasteiger partial charge in [0.15, 0.2) is 0 Å². The number of carbonyl (C=O) groups is 1. The average Bonchev–Trinajstić information content (AvgIpc) is 3.57. The molecular weight excluding hydrogens is 629 g/mol. The standard InChI is InChI=1S/C35H33F3N4O6/c1-20-17-41(18-21(2)47-20)19-23-7-5-22(6-8-23)9-11-28-32-29(40-39-28)14-24(15-31(32)46-4)13-27-26-16-25(45-3)10-12-30(26)42(33(27)43)48-34(44)35(36,37)38/h5-16,20-21,43H,17-19H2,1-4H3/b11-9+,24-13?. The second-order valence-corrected chi connectivity index (χ2v) is 11.7. The highest BCUT2D eigenvalue weighted by Gasteiger charge is 2.42. The van der Waals surface area contributed by atoms with Crippen LogP contribution in [0.3, 0.4) is 0 Å². The molecule has 0 amide bonds. The molecule has 0 spiro atoms. The molecule has 0 aliphatic carbocycles. The van der Waals surface area contributed by atoms with Gasteiger partial charge in [-0.05, 0) is 72.7 Å². The maximum atomic E-state index is 13.0. The summed E-state index contributed by atoms with van der Waals surface area (Å²) in [6.45, 7) is 6.82. The normalized spacial score (nSPS) is 18.6. The second kappa shape index (κ2) is 13.2. The Morgan fingerprint density at radius 3 is 2.40 bits per heavy atom. The molecule has 2 aliphatic heterocycles. The molecular formula is C35H33F3N4O6. The van der Waals surface area contributed by atoms with Crippen LogP contribution in [0.1, 0.15) is 30.5 Å². The number of alkyl halides is 3. The number of morpholine rings is 1. The number of nitrogens with zero attached hydrogens (tertiary/aromatic N) is 4. The molecule has 1 aromatic heterocycles. The van der Waals surface area contributed by atoms with Gasteiger partial charge in [-0.15, -0.1) is 15.0 Å². The minimum Gasteiger partial charge on any atom is -0.497 e. The summed E-state index contributed by atoms with van der Waals surface area (Å²) in [6, 6.07) is 16.0. The summed E-state index contributed by atoms with van der Waals surface area (Å²) in [6.07, 6.45) is 0.444. The second-order valence-electron chi connectivity index (χ2n) is 11.7. The zero-order valence-electron chi connectivity index (χ0n) is 26.6. The number of fused-ring (bicyclic) bond motifs is 2. The van der Waals surface area contributed by atoms with E-state index in [0.717, 1.165) is 25.2 Å². The number of benzene rings is 3. The van der Waals surface area contributed by atoms with Crippen molar-refractivity contribution in [3.8, 4) is 17.4 Å². The third-order valence-corrected chi connectivity index (χ3v) is 8.02. The number of hydrogen-bond acceptors (Lipinski definition) is 9. The molecule has 3 aromatic carbocycles. The number of rotatable bonds is 8. The molecule has 2 atom stereocenters. The fraction of sp³-hybridized carbons (Fsp3) is 0.286. The quantitative estimate of drug-likeness (QED) is 0.275. The zero-order valence-corrected chi connectivity index (χ0v) is 26.6. The first-order valence-corrected chi connectivity index (χ1v) is 15.1. The van der Waals surface area contributed by atoms with Crippen LogP contribution in [0, 0.1) is 0 Å². The number of hydrogen-bond donors (Lipinski definition) is 1. The molecule has 6 rings (SSSR count). The predicted octanol–water partition coefficient (Wildman–Crippen LogP) is 5.24. The van der Waals surface area contributed by atoms with Crippen LogP contribution >= 0.6 is 0 Å². The Morgan fingerprint density at radius 2 is 1.73 bits per heavy atom. The van der Waals surface area contributed by atoms with Crippen LogP contribution in [0.5, 0.6) is 17.4 Å². The van der Waals surface area contributed by atoms with Crippen molar-refractivity contribution >= 4 is 40.4 Å². The van der Waals surface area contributed by atoms with Crippen molar-refractivity contribution in [3.05, 3.63) is 87.8 Å². The van der Waals surface area contributed by atoms with Crippen molar-refractivity contribution in [2.75, 3.05) is 27.3 Å². The molecule has 250 valence electrons. The third-order valence-electron chi connectivity index (χ3n) is 8.02. The number of ether oxygens (including phenoxy) is 3. The van der Waals surface area contributed by atoms with E-state index in [2.05, 4.69) is 45.9 Å². The Bertz CT molecular complexity index is 2040. The van der Waals surface area contributed by atoms with Crippen molar-refractivity contribution in [2.45, 2.75) is 38.8 Å². The Morgan fingerprint density at radius 1 is 1.00 bits per heavy atom. The minimum atomic E-state index is -5.27. The van der Waals surface area contributed by atoms with Crippen LogP contribution in [0.15, 0.2) is 70.9 Å². The van der Waals surface area contributed by atoms with Gasteiger partial charge in [-0.25, -0.2) is 4.79 Å². The van der Waals surface area contributed by atoms with Crippen LogP contribution in [0.4, 0.5) is 18.9 Å². The van der Waals surface area contributed by atoms with Crippen molar-refractivity contribution in [1.82, 2.24) is 9.63 Å². The largest absolute Gasteiger partial charge is 0.497 e. The molecule has 2 aliphatic rings. The molecule has 3 heterocycles. The Labute approximate surface area is 273 Å². The molecule has 0 radical (unpaired) electrons. The lowest BCUT2D eigenvalue weighted by molar-refractivity contribution is -0.199.